The summed E-state index contributed by atoms with van der Waals surface area (Å²) < 4.78 is 13.9. The first kappa shape index (κ1) is 15.5. The van der Waals surface area contributed by atoms with Crippen LogP contribution < -0.4 is 11.1 Å². The molecule has 0 saturated carbocycles. The Labute approximate surface area is 128 Å². The first-order valence-electron chi connectivity index (χ1n) is 6.87. The lowest BCUT2D eigenvalue weighted by molar-refractivity contribution is 0.1000. The molecule has 1 amide bonds. The maximum Gasteiger partial charge on any atom is 0.248 e. The topological polar surface area (TPSA) is 55.1 Å². The lowest BCUT2D eigenvalue weighted by Crippen LogP contribution is -2.14. The molecule has 2 rings (SSSR count). The number of nitrogens with one attached hydrogen (secondary N) is 1. The molecule has 5 heteroatoms. The molecule has 0 aliphatic heterocycles. The standard InChI is InChI=1S/C16H19FN2OS/c1-4-12-5-6-15(21-12)10(3)19-14-8-11(16(18)20)7-13(17)9(14)2/h5-8,10,19H,4H2,1-3H3,(H2,18,20). The van der Waals surface area contributed by atoms with E-state index in [1.165, 1.54) is 15.8 Å². The van der Waals surface area contributed by atoms with E-state index < -0.39 is 11.7 Å². The first-order chi connectivity index (χ1) is 9.92. The van der Waals surface area contributed by atoms with Crippen molar-refractivity contribution < 1.29 is 9.18 Å². The third-order valence-electron chi connectivity index (χ3n) is 3.46. The average Bonchev–Trinajstić information content (AvgIpc) is 2.92. The van der Waals surface area contributed by atoms with Crippen LogP contribution in [0.25, 0.3) is 0 Å². The molecule has 2 aromatic rings. The summed E-state index contributed by atoms with van der Waals surface area (Å²) in [5, 5.41) is 3.26. The Morgan fingerprint density at radius 3 is 2.71 bits per heavy atom. The molecule has 3 N–H and O–H groups in total. The number of benzene rings is 1. The SMILES string of the molecule is CCc1ccc(C(C)Nc2cc(C(N)=O)cc(F)c2C)s1. The lowest BCUT2D eigenvalue weighted by Gasteiger charge is -2.17. The minimum Gasteiger partial charge on any atom is -0.377 e. The van der Waals surface area contributed by atoms with Crippen LogP contribution in [0.15, 0.2) is 24.3 Å². The summed E-state index contributed by atoms with van der Waals surface area (Å²) in [4.78, 5) is 13.7. The van der Waals surface area contributed by atoms with Gasteiger partial charge in [-0.15, -0.1) is 11.3 Å². The zero-order valence-corrected chi connectivity index (χ0v) is 13.2. The summed E-state index contributed by atoms with van der Waals surface area (Å²) in [5.74, 6) is -1.06. The minimum atomic E-state index is -0.631. The molecule has 112 valence electrons. The zero-order valence-electron chi connectivity index (χ0n) is 12.4. The molecule has 1 unspecified atom stereocenters. The van der Waals surface area contributed by atoms with Gasteiger partial charge in [0, 0.05) is 26.6 Å². The number of carbonyl (C=O) groups is 1. The van der Waals surface area contributed by atoms with Crippen molar-refractivity contribution in [1.82, 2.24) is 0 Å². The molecule has 1 atom stereocenters. The van der Waals surface area contributed by atoms with Gasteiger partial charge in [0.05, 0.1) is 6.04 Å². The number of anilines is 1. The largest absolute Gasteiger partial charge is 0.377 e. The molecule has 1 aromatic heterocycles. The van der Waals surface area contributed by atoms with E-state index in [-0.39, 0.29) is 11.6 Å². The predicted octanol–water partition coefficient (Wildman–Crippen LogP) is 4.03. The summed E-state index contributed by atoms with van der Waals surface area (Å²) in [6.07, 6.45) is 1.00. The van der Waals surface area contributed by atoms with Crippen molar-refractivity contribution in [3.63, 3.8) is 0 Å². The van der Waals surface area contributed by atoms with Crippen LogP contribution in [-0.4, -0.2) is 5.91 Å². The second kappa shape index (κ2) is 6.26. The fourth-order valence-corrected chi connectivity index (χ4v) is 3.05. The quantitative estimate of drug-likeness (QED) is 0.876. The molecule has 0 bridgehead atoms. The van der Waals surface area contributed by atoms with E-state index in [1.54, 1.807) is 24.3 Å². The minimum absolute atomic E-state index is 0.0385. The van der Waals surface area contributed by atoms with Crippen molar-refractivity contribution in [3.05, 3.63) is 51.0 Å². The van der Waals surface area contributed by atoms with Gasteiger partial charge in [-0.3, -0.25) is 4.79 Å². The zero-order chi connectivity index (χ0) is 15.6. The molecule has 0 spiro atoms. The number of thiophene rings is 1. The van der Waals surface area contributed by atoms with Gasteiger partial charge < -0.3 is 11.1 Å². The highest BCUT2D eigenvalue weighted by molar-refractivity contribution is 7.12. The number of aryl methyl sites for hydroxylation is 1. The summed E-state index contributed by atoms with van der Waals surface area (Å²) in [6.45, 7) is 5.81. The normalized spacial score (nSPS) is 12.2. The average molecular weight is 306 g/mol. The van der Waals surface area contributed by atoms with Gasteiger partial charge in [0.25, 0.3) is 0 Å². The van der Waals surface area contributed by atoms with E-state index in [0.717, 1.165) is 6.42 Å². The Morgan fingerprint density at radius 2 is 2.14 bits per heavy atom. The van der Waals surface area contributed by atoms with Crippen LogP contribution in [0.3, 0.4) is 0 Å². The van der Waals surface area contributed by atoms with E-state index in [0.29, 0.717) is 11.3 Å². The van der Waals surface area contributed by atoms with E-state index in [4.69, 9.17) is 5.73 Å². The molecule has 1 heterocycles. The van der Waals surface area contributed by atoms with Gasteiger partial charge in [0.15, 0.2) is 0 Å². The lowest BCUT2D eigenvalue weighted by atomic mass is 10.1. The Bertz CT molecular complexity index is 666. The summed E-state index contributed by atoms with van der Waals surface area (Å²) in [7, 11) is 0. The van der Waals surface area contributed by atoms with Crippen molar-refractivity contribution in [2.75, 3.05) is 5.32 Å². The summed E-state index contributed by atoms with van der Waals surface area (Å²) >= 11 is 1.73. The molecule has 21 heavy (non-hydrogen) atoms. The molecule has 0 saturated heterocycles. The Balaban J connectivity index is 2.27. The van der Waals surface area contributed by atoms with Gasteiger partial charge in [-0.2, -0.15) is 0 Å². The van der Waals surface area contributed by atoms with Gasteiger partial charge in [-0.05, 0) is 44.5 Å². The maximum absolute atomic E-state index is 13.9. The third-order valence-corrected chi connectivity index (χ3v) is 4.87. The van der Waals surface area contributed by atoms with Crippen molar-refractivity contribution in [2.24, 2.45) is 5.73 Å². The van der Waals surface area contributed by atoms with E-state index in [1.807, 2.05) is 6.92 Å². The number of carbonyl (C=O) groups excluding carboxylic acids is 1. The highest BCUT2D eigenvalue weighted by Crippen LogP contribution is 2.29. The maximum atomic E-state index is 13.9. The van der Waals surface area contributed by atoms with Crippen molar-refractivity contribution in [1.29, 1.82) is 0 Å². The summed E-state index contributed by atoms with van der Waals surface area (Å²) in [6, 6.07) is 6.99. The number of rotatable bonds is 5. The molecule has 0 radical (unpaired) electrons. The van der Waals surface area contributed by atoms with E-state index in [2.05, 4.69) is 24.4 Å². The molecule has 1 aromatic carbocycles. The van der Waals surface area contributed by atoms with Gasteiger partial charge in [-0.1, -0.05) is 6.92 Å². The molecule has 0 fully saturated rings. The predicted molar refractivity (Wildman–Crippen MR) is 85.4 cm³/mol. The number of primary amides is 1. The van der Waals surface area contributed by atoms with Crippen molar-refractivity contribution >= 4 is 22.9 Å². The summed E-state index contributed by atoms with van der Waals surface area (Å²) in [5.41, 5.74) is 6.49. The molecular formula is C16H19FN2OS. The number of halogens is 1. The highest BCUT2D eigenvalue weighted by atomic mass is 32.1. The fourth-order valence-electron chi connectivity index (χ4n) is 2.09. The molecular weight excluding hydrogens is 287 g/mol. The number of nitrogens with two attached hydrogens (primary N) is 1. The van der Waals surface area contributed by atoms with Crippen LogP contribution in [-0.2, 0) is 6.42 Å². The highest BCUT2D eigenvalue weighted by Gasteiger charge is 2.14. The smallest absolute Gasteiger partial charge is 0.248 e. The van der Waals surface area contributed by atoms with Crippen LogP contribution in [0.1, 0.15) is 45.6 Å². The Kier molecular flexibility index (Phi) is 4.63. The van der Waals surface area contributed by atoms with Crippen molar-refractivity contribution in [2.45, 2.75) is 33.2 Å². The number of hydrogen-bond donors (Lipinski definition) is 2. The van der Waals surface area contributed by atoms with Crippen LogP contribution in [0.2, 0.25) is 0 Å². The van der Waals surface area contributed by atoms with Gasteiger partial charge in [0.1, 0.15) is 5.82 Å². The molecule has 0 aliphatic rings. The third kappa shape index (κ3) is 3.42. The number of hydrogen-bond acceptors (Lipinski definition) is 3. The fraction of sp³-hybridized carbons (Fsp3) is 0.312. The van der Waals surface area contributed by atoms with Crippen LogP contribution in [0.5, 0.6) is 0 Å². The second-order valence-electron chi connectivity index (χ2n) is 5.02. The Hall–Kier alpha value is -1.88. The second-order valence-corrected chi connectivity index (χ2v) is 6.22. The number of amides is 1. The molecule has 0 aliphatic carbocycles. The van der Waals surface area contributed by atoms with Gasteiger partial charge in [-0.25, -0.2) is 4.39 Å². The van der Waals surface area contributed by atoms with Gasteiger partial charge >= 0.3 is 0 Å². The van der Waals surface area contributed by atoms with E-state index >= 15 is 0 Å². The van der Waals surface area contributed by atoms with E-state index in [9.17, 15) is 9.18 Å². The van der Waals surface area contributed by atoms with Crippen molar-refractivity contribution in [3.8, 4) is 0 Å². The van der Waals surface area contributed by atoms with Gasteiger partial charge in [0.2, 0.25) is 5.91 Å². The van der Waals surface area contributed by atoms with Crippen LogP contribution in [0, 0.1) is 12.7 Å². The Morgan fingerprint density at radius 1 is 1.43 bits per heavy atom. The van der Waals surface area contributed by atoms with Crippen LogP contribution in [0.4, 0.5) is 10.1 Å². The first-order valence-corrected chi connectivity index (χ1v) is 7.69. The monoisotopic (exact) mass is 306 g/mol. The molecule has 3 nitrogen and oxygen atoms in total. The van der Waals surface area contributed by atoms with Crippen LogP contribution >= 0.6 is 11.3 Å².